The normalized spacial score (nSPS) is 19.9. The highest BCUT2D eigenvalue weighted by Crippen LogP contribution is 2.23. The van der Waals surface area contributed by atoms with Crippen LogP contribution in [0.4, 0.5) is 18.0 Å². The molecule has 1 heterocycles. The van der Waals surface area contributed by atoms with E-state index in [-0.39, 0.29) is 32.6 Å². The van der Waals surface area contributed by atoms with Crippen molar-refractivity contribution in [1.29, 1.82) is 0 Å². The van der Waals surface area contributed by atoms with Crippen LogP contribution in [-0.2, 0) is 14.3 Å². The molecule has 1 amide bonds. The molecular weight excluding hydrogens is 303 g/mol. The maximum atomic E-state index is 12.1. The first-order chi connectivity index (χ1) is 9.99. The maximum absolute atomic E-state index is 12.1. The molecule has 0 aliphatic carbocycles. The number of morpholine rings is 1. The highest BCUT2D eigenvalue weighted by molar-refractivity contribution is 5.87. The van der Waals surface area contributed by atoms with Crippen molar-refractivity contribution in [1.82, 2.24) is 4.90 Å². The number of rotatable bonds is 4. The summed E-state index contributed by atoms with van der Waals surface area (Å²) < 4.78 is 46.7. The zero-order chi connectivity index (χ0) is 17.0. The molecule has 0 spiro atoms. The fourth-order valence-electron chi connectivity index (χ4n) is 2.04. The Hall–Kier alpha value is -1.31. The summed E-state index contributed by atoms with van der Waals surface area (Å²) in [6.07, 6.45) is -6.48. The van der Waals surface area contributed by atoms with Gasteiger partial charge in [0.2, 0.25) is 0 Å². The molecule has 22 heavy (non-hydrogen) atoms. The summed E-state index contributed by atoms with van der Waals surface area (Å²) in [5.41, 5.74) is -0.709. The van der Waals surface area contributed by atoms with Gasteiger partial charge in [-0.15, -0.1) is 0 Å². The molecule has 0 radical (unpaired) electrons. The molecule has 0 N–H and O–H groups in total. The Morgan fingerprint density at radius 3 is 2.45 bits per heavy atom. The minimum absolute atomic E-state index is 0.00983. The van der Waals surface area contributed by atoms with Crippen LogP contribution < -0.4 is 0 Å². The first-order valence-electron chi connectivity index (χ1n) is 7.16. The van der Waals surface area contributed by atoms with E-state index in [0.29, 0.717) is 0 Å². The van der Waals surface area contributed by atoms with Crippen LogP contribution >= 0.6 is 0 Å². The zero-order valence-corrected chi connectivity index (χ0v) is 13.0. The second kappa shape index (κ2) is 7.30. The fourth-order valence-corrected chi connectivity index (χ4v) is 2.04. The van der Waals surface area contributed by atoms with E-state index >= 15 is 0 Å². The van der Waals surface area contributed by atoms with Crippen molar-refractivity contribution < 1.29 is 32.2 Å². The lowest BCUT2D eigenvalue weighted by molar-refractivity contribution is -0.139. The van der Waals surface area contributed by atoms with Crippen LogP contribution in [0.3, 0.4) is 0 Å². The highest BCUT2D eigenvalue weighted by atomic mass is 19.4. The molecule has 0 bridgehead atoms. The third kappa shape index (κ3) is 6.64. The van der Waals surface area contributed by atoms with Crippen LogP contribution in [0.2, 0.25) is 0 Å². The number of carbonyl (C=O) groups excluding carboxylic acids is 2. The van der Waals surface area contributed by atoms with E-state index in [1.807, 2.05) is 0 Å². The number of amides is 1. The SMILES string of the molecule is CC(C)(C)OC(=O)N1CCOCC1C(=O)CCCC(F)(F)F. The number of hydrogen-bond donors (Lipinski definition) is 0. The monoisotopic (exact) mass is 325 g/mol. The van der Waals surface area contributed by atoms with Crippen LogP contribution in [0.15, 0.2) is 0 Å². The summed E-state index contributed by atoms with van der Waals surface area (Å²) in [5, 5.41) is 0. The molecule has 1 fully saturated rings. The van der Waals surface area contributed by atoms with E-state index in [1.165, 1.54) is 4.90 Å². The first kappa shape index (κ1) is 18.7. The molecule has 1 unspecified atom stereocenters. The number of nitrogens with zero attached hydrogens (tertiary/aromatic N) is 1. The van der Waals surface area contributed by atoms with Gasteiger partial charge in [0.1, 0.15) is 11.6 Å². The maximum Gasteiger partial charge on any atom is 0.411 e. The zero-order valence-electron chi connectivity index (χ0n) is 13.0. The minimum Gasteiger partial charge on any atom is -0.444 e. The van der Waals surface area contributed by atoms with Gasteiger partial charge in [-0.25, -0.2) is 4.79 Å². The molecule has 8 heteroatoms. The topological polar surface area (TPSA) is 55.8 Å². The molecule has 0 aromatic carbocycles. The number of hydrogen-bond acceptors (Lipinski definition) is 4. The van der Waals surface area contributed by atoms with Gasteiger partial charge in [0.25, 0.3) is 0 Å². The van der Waals surface area contributed by atoms with Crippen molar-refractivity contribution in [2.75, 3.05) is 19.8 Å². The predicted molar refractivity (Wildman–Crippen MR) is 72.5 cm³/mol. The van der Waals surface area contributed by atoms with Crippen molar-refractivity contribution in [2.45, 2.75) is 57.9 Å². The Labute approximate surface area is 127 Å². The van der Waals surface area contributed by atoms with Gasteiger partial charge in [-0.1, -0.05) is 0 Å². The number of ketones is 1. The Morgan fingerprint density at radius 1 is 1.27 bits per heavy atom. The molecule has 128 valence electrons. The molecule has 0 saturated carbocycles. The smallest absolute Gasteiger partial charge is 0.411 e. The first-order valence-corrected chi connectivity index (χ1v) is 7.16. The Morgan fingerprint density at radius 2 is 1.91 bits per heavy atom. The predicted octanol–water partition coefficient (Wildman–Crippen LogP) is 2.92. The summed E-state index contributed by atoms with van der Waals surface area (Å²) in [6.45, 7) is 5.54. The van der Waals surface area contributed by atoms with E-state index in [4.69, 9.17) is 9.47 Å². The van der Waals surface area contributed by atoms with Crippen molar-refractivity contribution in [2.24, 2.45) is 0 Å². The molecule has 1 saturated heterocycles. The van der Waals surface area contributed by atoms with Crippen LogP contribution in [0, 0.1) is 0 Å². The van der Waals surface area contributed by atoms with Crippen molar-refractivity contribution >= 4 is 11.9 Å². The quantitative estimate of drug-likeness (QED) is 0.797. The van der Waals surface area contributed by atoms with E-state index in [0.717, 1.165) is 0 Å². The van der Waals surface area contributed by atoms with Gasteiger partial charge in [-0.05, 0) is 27.2 Å². The standard InChI is InChI=1S/C14H22F3NO4/c1-13(2,3)22-12(20)18-7-8-21-9-10(18)11(19)5-4-6-14(15,16)17/h10H,4-9H2,1-3H3. The van der Waals surface area contributed by atoms with Crippen LogP contribution in [-0.4, -0.2) is 54.4 Å². The average molecular weight is 325 g/mol. The third-order valence-corrected chi connectivity index (χ3v) is 3.01. The number of Topliss-reactive ketones (excluding diaryl/α,β-unsaturated/α-hetero) is 1. The highest BCUT2D eigenvalue weighted by Gasteiger charge is 2.35. The van der Waals surface area contributed by atoms with E-state index in [2.05, 4.69) is 0 Å². The lowest BCUT2D eigenvalue weighted by atomic mass is 10.0. The Bertz CT molecular complexity index is 404. The summed E-state index contributed by atoms with van der Waals surface area (Å²) >= 11 is 0. The van der Waals surface area contributed by atoms with Crippen LogP contribution in [0.1, 0.15) is 40.0 Å². The lowest BCUT2D eigenvalue weighted by Crippen LogP contribution is -2.53. The van der Waals surface area contributed by atoms with Gasteiger partial charge in [-0.3, -0.25) is 9.69 Å². The number of halogens is 3. The summed E-state index contributed by atoms with van der Waals surface area (Å²) in [6, 6.07) is -0.878. The van der Waals surface area contributed by atoms with Crippen molar-refractivity contribution in [3.8, 4) is 0 Å². The van der Waals surface area contributed by atoms with Crippen LogP contribution in [0.25, 0.3) is 0 Å². The third-order valence-electron chi connectivity index (χ3n) is 3.01. The van der Waals surface area contributed by atoms with E-state index in [1.54, 1.807) is 20.8 Å². The van der Waals surface area contributed by atoms with Gasteiger partial charge in [0.15, 0.2) is 5.78 Å². The lowest BCUT2D eigenvalue weighted by Gasteiger charge is -2.35. The van der Waals surface area contributed by atoms with Gasteiger partial charge in [-0.2, -0.15) is 13.2 Å². The number of carbonyl (C=O) groups is 2. The van der Waals surface area contributed by atoms with Gasteiger partial charge in [0, 0.05) is 19.4 Å². The fraction of sp³-hybridized carbons (Fsp3) is 0.857. The average Bonchev–Trinajstić information content (AvgIpc) is 2.35. The summed E-state index contributed by atoms with van der Waals surface area (Å²) in [7, 11) is 0. The van der Waals surface area contributed by atoms with E-state index in [9.17, 15) is 22.8 Å². The number of alkyl halides is 3. The van der Waals surface area contributed by atoms with Crippen molar-refractivity contribution in [3.63, 3.8) is 0 Å². The van der Waals surface area contributed by atoms with E-state index < -0.39 is 36.1 Å². The summed E-state index contributed by atoms with van der Waals surface area (Å²) in [4.78, 5) is 25.4. The molecule has 5 nitrogen and oxygen atoms in total. The minimum atomic E-state index is -4.28. The molecule has 1 rings (SSSR count). The van der Waals surface area contributed by atoms with Crippen LogP contribution in [0.5, 0.6) is 0 Å². The molecule has 1 aliphatic heterocycles. The van der Waals surface area contributed by atoms with Gasteiger partial charge >= 0.3 is 12.3 Å². The Balaban J connectivity index is 2.60. The molecule has 1 atom stereocenters. The van der Waals surface area contributed by atoms with Crippen molar-refractivity contribution in [3.05, 3.63) is 0 Å². The molecule has 1 aliphatic rings. The molecule has 0 aromatic rings. The summed E-state index contributed by atoms with van der Waals surface area (Å²) in [5.74, 6) is -0.435. The van der Waals surface area contributed by atoms with Gasteiger partial charge in [0.05, 0.1) is 13.2 Å². The molecule has 0 aromatic heterocycles. The second-order valence-electron chi connectivity index (χ2n) is 6.20. The molecular formula is C14H22F3NO4. The second-order valence-corrected chi connectivity index (χ2v) is 6.20. The number of ether oxygens (including phenoxy) is 2. The largest absolute Gasteiger partial charge is 0.444 e. The Kier molecular flexibility index (Phi) is 6.22. The van der Waals surface area contributed by atoms with Gasteiger partial charge < -0.3 is 9.47 Å².